The number of para-hydroxylation sites is 1. The molecule has 0 aliphatic heterocycles. The minimum atomic E-state index is -0.202. The maximum absolute atomic E-state index is 11.9. The number of hydrogen-bond acceptors (Lipinski definition) is 2. The van der Waals surface area contributed by atoms with Gasteiger partial charge in [0.1, 0.15) is 5.69 Å². The molecule has 1 heterocycles. The first-order chi connectivity index (χ1) is 12.6. The van der Waals surface area contributed by atoms with Crippen molar-refractivity contribution in [2.24, 2.45) is 4.99 Å². The van der Waals surface area contributed by atoms with Crippen LogP contribution in [0.3, 0.4) is 0 Å². The molecule has 0 unspecified atom stereocenters. The highest BCUT2D eigenvalue weighted by atomic mass is 16.1. The number of carbonyl (C=O) groups is 1. The van der Waals surface area contributed by atoms with Gasteiger partial charge in [0.25, 0.3) is 0 Å². The van der Waals surface area contributed by atoms with Crippen LogP contribution in [0, 0.1) is 0 Å². The smallest absolute Gasteiger partial charge is 0.244 e. The van der Waals surface area contributed by atoms with Gasteiger partial charge in [0.15, 0.2) is 5.84 Å². The first kappa shape index (κ1) is 18.4. The van der Waals surface area contributed by atoms with Crippen molar-refractivity contribution in [3.05, 3.63) is 47.3 Å². The molecule has 3 rings (SSSR count). The van der Waals surface area contributed by atoms with Crippen LogP contribution < -0.4 is 4.90 Å². The molecule has 1 aliphatic carbocycles. The van der Waals surface area contributed by atoms with Gasteiger partial charge in [-0.25, -0.2) is 0 Å². The molecular weight excluding hydrogens is 324 g/mol. The van der Waals surface area contributed by atoms with Gasteiger partial charge < -0.3 is 4.90 Å². The Morgan fingerprint density at radius 3 is 2.35 bits per heavy atom. The van der Waals surface area contributed by atoms with Crippen LogP contribution in [0.1, 0.15) is 63.4 Å². The van der Waals surface area contributed by atoms with Gasteiger partial charge in [0.05, 0.1) is 6.04 Å². The van der Waals surface area contributed by atoms with E-state index in [1.54, 1.807) is 0 Å². The highest BCUT2D eigenvalue weighted by Gasteiger charge is 2.27. The van der Waals surface area contributed by atoms with Crippen LogP contribution >= 0.6 is 0 Å². The lowest BCUT2D eigenvalue weighted by Gasteiger charge is -2.28. The van der Waals surface area contributed by atoms with Gasteiger partial charge in [-0.3, -0.25) is 9.48 Å². The van der Waals surface area contributed by atoms with Gasteiger partial charge >= 0.3 is 0 Å². The molecule has 5 heteroatoms. The summed E-state index contributed by atoms with van der Waals surface area (Å²) in [6.45, 7) is 8.65. The fourth-order valence-electron chi connectivity index (χ4n) is 3.38. The van der Waals surface area contributed by atoms with E-state index in [0.717, 1.165) is 25.1 Å². The average molecular weight is 352 g/mol. The molecule has 0 bridgehead atoms. The number of amidine groups is 1. The lowest BCUT2D eigenvalue weighted by atomic mass is 10.0. The SMILES string of the molecule is CCc1cccc(CC)c1N(CC)/C(=N\C(C)=O)c1ccn(C2CC2)n1. The van der Waals surface area contributed by atoms with E-state index in [1.807, 2.05) is 16.9 Å². The molecule has 0 saturated heterocycles. The lowest BCUT2D eigenvalue weighted by Crippen LogP contribution is -2.34. The molecule has 1 saturated carbocycles. The van der Waals surface area contributed by atoms with Crippen molar-refractivity contribution in [3.63, 3.8) is 0 Å². The van der Waals surface area contributed by atoms with Crippen molar-refractivity contribution >= 4 is 17.4 Å². The molecule has 0 spiro atoms. The molecule has 1 fully saturated rings. The Kier molecular flexibility index (Phi) is 5.55. The van der Waals surface area contributed by atoms with Crippen molar-refractivity contribution in [1.29, 1.82) is 0 Å². The first-order valence-corrected chi connectivity index (χ1v) is 9.62. The number of rotatable bonds is 6. The minimum absolute atomic E-state index is 0.202. The van der Waals surface area contributed by atoms with Crippen molar-refractivity contribution < 1.29 is 4.79 Å². The van der Waals surface area contributed by atoms with E-state index in [9.17, 15) is 4.79 Å². The third-order valence-electron chi connectivity index (χ3n) is 4.83. The monoisotopic (exact) mass is 352 g/mol. The lowest BCUT2D eigenvalue weighted by molar-refractivity contribution is -0.115. The van der Waals surface area contributed by atoms with Gasteiger partial charge in [-0.1, -0.05) is 32.0 Å². The van der Waals surface area contributed by atoms with Crippen LogP contribution in [-0.2, 0) is 17.6 Å². The van der Waals surface area contributed by atoms with E-state index in [2.05, 4.69) is 48.9 Å². The molecule has 2 aromatic rings. The topological polar surface area (TPSA) is 50.5 Å². The molecule has 1 aromatic heterocycles. The quantitative estimate of drug-likeness (QED) is 0.579. The minimum Gasteiger partial charge on any atom is -0.324 e. The second kappa shape index (κ2) is 7.85. The maximum atomic E-state index is 11.9. The predicted molar refractivity (Wildman–Crippen MR) is 106 cm³/mol. The van der Waals surface area contributed by atoms with E-state index in [-0.39, 0.29) is 5.91 Å². The van der Waals surface area contributed by atoms with Gasteiger partial charge in [0.2, 0.25) is 5.91 Å². The number of nitrogens with zero attached hydrogens (tertiary/aromatic N) is 4. The molecular formula is C21H28N4O. The molecule has 1 aliphatic rings. The number of hydrogen-bond donors (Lipinski definition) is 0. The standard InChI is InChI=1S/C21H28N4O/c1-5-16-9-8-10-17(6-2)20(16)24(7-3)21(22-15(4)26)19-13-14-25(23-19)18-11-12-18/h8-10,13-14,18H,5-7,11-12H2,1-4H3/b22-21-. The zero-order valence-electron chi connectivity index (χ0n) is 16.2. The molecule has 1 amide bonds. The third kappa shape index (κ3) is 3.71. The fourth-order valence-corrected chi connectivity index (χ4v) is 3.38. The Morgan fingerprint density at radius 1 is 1.19 bits per heavy atom. The van der Waals surface area contributed by atoms with Crippen molar-refractivity contribution in [3.8, 4) is 0 Å². The molecule has 138 valence electrons. The number of amides is 1. The van der Waals surface area contributed by atoms with Gasteiger partial charge in [-0.05, 0) is 49.8 Å². The highest BCUT2D eigenvalue weighted by molar-refractivity contribution is 6.13. The summed E-state index contributed by atoms with van der Waals surface area (Å²) in [6.07, 6.45) is 6.23. The fraction of sp³-hybridized carbons (Fsp3) is 0.476. The summed E-state index contributed by atoms with van der Waals surface area (Å²) in [5.41, 5.74) is 4.47. The first-order valence-electron chi connectivity index (χ1n) is 9.62. The van der Waals surface area contributed by atoms with E-state index in [1.165, 1.54) is 36.6 Å². The Morgan fingerprint density at radius 2 is 1.85 bits per heavy atom. The van der Waals surface area contributed by atoms with Crippen LogP contribution in [-0.4, -0.2) is 28.1 Å². The zero-order valence-corrected chi connectivity index (χ0v) is 16.2. The number of carbonyl (C=O) groups excluding carboxylic acids is 1. The number of aromatic nitrogens is 2. The summed E-state index contributed by atoms with van der Waals surface area (Å²) in [6, 6.07) is 8.91. The summed E-state index contributed by atoms with van der Waals surface area (Å²) in [4.78, 5) is 18.4. The van der Waals surface area contributed by atoms with E-state index >= 15 is 0 Å². The van der Waals surface area contributed by atoms with Gasteiger partial charge in [-0.15, -0.1) is 0 Å². The summed E-state index contributed by atoms with van der Waals surface area (Å²) in [5, 5.41) is 4.72. The van der Waals surface area contributed by atoms with Crippen LogP contribution in [0.25, 0.3) is 0 Å². The number of aryl methyl sites for hydroxylation is 2. The Bertz CT molecular complexity index is 795. The largest absolute Gasteiger partial charge is 0.324 e. The van der Waals surface area contributed by atoms with Crippen molar-refractivity contribution in [2.75, 3.05) is 11.4 Å². The highest BCUT2D eigenvalue weighted by Crippen LogP contribution is 2.34. The van der Waals surface area contributed by atoms with Gasteiger partial charge in [-0.2, -0.15) is 10.1 Å². The average Bonchev–Trinajstić information content (AvgIpc) is 3.38. The van der Waals surface area contributed by atoms with Crippen LogP contribution in [0.4, 0.5) is 5.69 Å². The summed E-state index contributed by atoms with van der Waals surface area (Å²) < 4.78 is 2.01. The second-order valence-corrected chi connectivity index (χ2v) is 6.74. The van der Waals surface area contributed by atoms with E-state index in [0.29, 0.717) is 11.9 Å². The Labute approximate surface area is 155 Å². The molecule has 5 nitrogen and oxygen atoms in total. The molecule has 0 radical (unpaired) electrons. The van der Waals surface area contributed by atoms with Gasteiger partial charge in [0, 0.05) is 25.4 Å². The van der Waals surface area contributed by atoms with Crippen LogP contribution in [0.15, 0.2) is 35.5 Å². The molecule has 1 aromatic carbocycles. The molecule has 0 N–H and O–H groups in total. The van der Waals surface area contributed by atoms with Crippen LogP contribution in [0.2, 0.25) is 0 Å². The summed E-state index contributed by atoms with van der Waals surface area (Å²) in [7, 11) is 0. The Balaban J connectivity index is 2.11. The number of aliphatic imine (C=N–C) groups is 1. The molecule has 0 atom stereocenters. The van der Waals surface area contributed by atoms with E-state index in [4.69, 9.17) is 5.10 Å². The Hall–Kier alpha value is -2.43. The second-order valence-electron chi connectivity index (χ2n) is 6.74. The van der Waals surface area contributed by atoms with Crippen molar-refractivity contribution in [2.45, 2.75) is 59.4 Å². The number of benzene rings is 1. The maximum Gasteiger partial charge on any atom is 0.244 e. The molecule has 26 heavy (non-hydrogen) atoms. The van der Waals surface area contributed by atoms with Crippen molar-refractivity contribution in [1.82, 2.24) is 9.78 Å². The summed E-state index contributed by atoms with van der Waals surface area (Å²) >= 11 is 0. The normalized spacial score (nSPS) is 14.5. The zero-order chi connectivity index (χ0) is 18.7. The summed E-state index contributed by atoms with van der Waals surface area (Å²) in [5.74, 6) is 0.446. The van der Waals surface area contributed by atoms with E-state index < -0.39 is 0 Å². The predicted octanol–water partition coefficient (Wildman–Crippen LogP) is 4.16. The number of anilines is 1. The third-order valence-corrected chi connectivity index (χ3v) is 4.83. The van der Waals surface area contributed by atoms with Crippen LogP contribution in [0.5, 0.6) is 0 Å².